The van der Waals surface area contributed by atoms with E-state index in [1.165, 1.54) is 58.4 Å². The predicted octanol–water partition coefficient (Wildman–Crippen LogP) is 13.0. The minimum atomic E-state index is 0.180. The zero-order chi connectivity index (χ0) is 33.4. The molecule has 2 heteroatoms. The average molecular weight is 639 g/mol. The van der Waals surface area contributed by atoms with E-state index in [0.717, 1.165) is 35.5 Å². The lowest BCUT2D eigenvalue weighted by molar-refractivity contribution is 0.0439. The highest BCUT2D eigenvalue weighted by atomic mass is 16.5. The van der Waals surface area contributed by atoms with Crippen LogP contribution in [-0.4, -0.2) is 12.2 Å². The van der Waals surface area contributed by atoms with Crippen molar-refractivity contribution in [2.45, 2.75) is 92.3 Å². The summed E-state index contributed by atoms with van der Waals surface area (Å²) in [7, 11) is 0. The summed E-state index contributed by atoms with van der Waals surface area (Å²) in [6.07, 6.45) is 7.55. The third kappa shape index (κ3) is 6.60. The van der Waals surface area contributed by atoms with Crippen molar-refractivity contribution < 1.29 is 9.47 Å². The molecular weight excluding hydrogens is 585 g/mol. The quantitative estimate of drug-likeness (QED) is 0.168. The second-order valence-electron chi connectivity index (χ2n) is 15.9. The van der Waals surface area contributed by atoms with Gasteiger partial charge in [-0.15, -0.1) is 0 Å². The van der Waals surface area contributed by atoms with Gasteiger partial charge in [-0.05, 0) is 106 Å². The maximum absolute atomic E-state index is 7.37. The Kier molecular flexibility index (Phi) is 9.54. The Labute approximate surface area is 288 Å². The highest BCUT2D eigenvalue weighted by Gasteiger charge is 2.35. The smallest absolute Gasteiger partial charge is 0.128 e. The lowest BCUT2D eigenvalue weighted by Gasteiger charge is -2.39. The van der Waals surface area contributed by atoms with E-state index in [9.17, 15) is 0 Å². The zero-order valence-electron chi connectivity index (χ0n) is 29.9. The fourth-order valence-corrected chi connectivity index (χ4v) is 8.92. The van der Waals surface area contributed by atoms with Crippen molar-refractivity contribution in [2.75, 3.05) is 0 Å². The van der Waals surface area contributed by atoms with Crippen LogP contribution in [0.4, 0.5) is 0 Å². The molecule has 0 aliphatic heterocycles. The first-order valence-corrected chi connectivity index (χ1v) is 18.7. The number of benzene rings is 5. The summed E-state index contributed by atoms with van der Waals surface area (Å²) in [5.74, 6) is 5.49. The molecule has 5 aromatic rings. The number of fused-ring (bicyclic) bond motifs is 2. The Morgan fingerprint density at radius 1 is 0.479 bits per heavy atom. The minimum Gasteiger partial charge on any atom is -0.489 e. The Balaban J connectivity index is 1.46. The van der Waals surface area contributed by atoms with Gasteiger partial charge in [0.05, 0.1) is 0 Å². The van der Waals surface area contributed by atoms with Crippen LogP contribution in [0.5, 0.6) is 11.5 Å². The van der Waals surface area contributed by atoms with E-state index in [-0.39, 0.29) is 12.2 Å². The topological polar surface area (TPSA) is 18.5 Å². The van der Waals surface area contributed by atoms with Crippen LogP contribution >= 0.6 is 0 Å². The molecule has 0 heterocycles. The van der Waals surface area contributed by atoms with Crippen LogP contribution in [0.1, 0.15) is 80.1 Å². The fraction of sp³-hybridized carbons (Fsp3) is 0.435. The van der Waals surface area contributed by atoms with Gasteiger partial charge in [-0.3, -0.25) is 0 Å². The molecule has 250 valence electrons. The van der Waals surface area contributed by atoms with Gasteiger partial charge in [0, 0.05) is 11.1 Å². The summed E-state index contributed by atoms with van der Waals surface area (Å²) in [6.45, 7) is 14.3. The largest absolute Gasteiger partial charge is 0.489 e. The Morgan fingerprint density at radius 2 is 0.875 bits per heavy atom. The van der Waals surface area contributed by atoms with Crippen LogP contribution in [-0.2, 0) is 0 Å². The molecule has 5 aromatic carbocycles. The van der Waals surface area contributed by atoms with E-state index in [1.807, 2.05) is 0 Å². The summed E-state index contributed by atoms with van der Waals surface area (Å²) in [6, 6.07) is 35.6. The van der Waals surface area contributed by atoms with Gasteiger partial charge in [-0.25, -0.2) is 0 Å². The van der Waals surface area contributed by atoms with E-state index in [4.69, 9.17) is 9.47 Å². The van der Waals surface area contributed by atoms with Gasteiger partial charge in [0.1, 0.15) is 23.7 Å². The van der Waals surface area contributed by atoms with Crippen molar-refractivity contribution in [2.24, 2.45) is 35.5 Å². The van der Waals surface area contributed by atoms with Gasteiger partial charge >= 0.3 is 0 Å². The Hall–Kier alpha value is -3.78. The standard InChI is InChI=1S/C46H54O2/c1-29(2)35-23-21-31(5)25-43(35)47-45-27-42(40-20-12-16-34-14-8-10-18-38(34)40)46(48-44-26-32(6)22-24-36(44)30(3)4)28-41(45)39-19-11-15-33-13-7-9-17-37(33)39/h7-20,27-32,35-36,43-44H,21-26H2,1-6H3/t31-,32-,35+,36+,43-,44-/m1/s1. The molecule has 0 bridgehead atoms. The SMILES string of the molecule is CC(C)[C@@H]1CC[C@@H](C)C[C@H]1Oc1cc(-c2cccc3ccccc23)c(O[C@@H]2C[C@H](C)CC[C@H]2C(C)C)cc1-c1cccc2ccccc12. The summed E-state index contributed by atoms with van der Waals surface area (Å²) >= 11 is 0. The minimum absolute atomic E-state index is 0.180. The van der Waals surface area contributed by atoms with Crippen molar-refractivity contribution >= 4 is 21.5 Å². The van der Waals surface area contributed by atoms with Crippen LogP contribution in [0, 0.1) is 35.5 Å². The highest BCUT2D eigenvalue weighted by molar-refractivity contribution is 6.02. The summed E-state index contributed by atoms with van der Waals surface area (Å²) in [5.41, 5.74) is 4.69. The molecule has 48 heavy (non-hydrogen) atoms. The third-order valence-electron chi connectivity index (χ3n) is 11.7. The van der Waals surface area contributed by atoms with Crippen molar-refractivity contribution in [3.63, 3.8) is 0 Å². The van der Waals surface area contributed by atoms with Crippen molar-refractivity contribution in [1.29, 1.82) is 0 Å². The molecule has 0 amide bonds. The fourth-order valence-electron chi connectivity index (χ4n) is 8.92. The molecule has 2 fully saturated rings. The monoisotopic (exact) mass is 638 g/mol. The van der Waals surface area contributed by atoms with E-state index in [0.29, 0.717) is 35.5 Å². The van der Waals surface area contributed by atoms with Crippen molar-refractivity contribution in [3.8, 4) is 33.8 Å². The van der Waals surface area contributed by atoms with Gasteiger partial charge in [-0.2, -0.15) is 0 Å². The second kappa shape index (κ2) is 14.0. The van der Waals surface area contributed by atoms with E-state index in [2.05, 4.69) is 139 Å². The highest BCUT2D eigenvalue weighted by Crippen LogP contribution is 2.48. The zero-order valence-corrected chi connectivity index (χ0v) is 29.9. The summed E-state index contributed by atoms with van der Waals surface area (Å²) in [4.78, 5) is 0. The maximum Gasteiger partial charge on any atom is 0.128 e. The predicted molar refractivity (Wildman–Crippen MR) is 204 cm³/mol. The van der Waals surface area contributed by atoms with Crippen LogP contribution in [0.3, 0.4) is 0 Å². The first-order chi connectivity index (χ1) is 23.3. The van der Waals surface area contributed by atoms with E-state index in [1.54, 1.807) is 0 Å². The maximum atomic E-state index is 7.37. The van der Waals surface area contributed by atoms with E-state index >= 15 is 0 Å². The molecule has 2 saturated carbocycles. The van der Waals surface area contributed by atoms with Crippen LogP contribution in [0.25, 0.3) is 43.8 Å². The number of rotatable bonds is 8. The van der Waals surface area contributed by atoms with E-state index < -0.39 is 0 Å². The summed E-state index contributed by atoms with van der Waals surface area (Å²) < 4.78 is 14.7. The molecule has 0 radical (unpaired) electrons. The molecule has 0 unspecified atom stereocenters. The normalized spacial score (nSPS) is 24.8. The first kappa shape index (κ1) is 32.8. The molecule has 2 aliphatic rings. The van der Waals surface area contributed by atoms with Gasteiger partial charge < -0.3 is 9.47 Å². The molecule has 0 N–H and O–H groups in total. The van der Waals surface area contributed by atoms with Gasteiger partial charge in [-0.1, -0.05) is 139 Å². The number of hydrogen-bond donors (Lipinski definition) is 0. The molecule has 0 aromatic heterocycles. The third-order valence-corrected chi connectivity index (χ3v) is 11.7. The van der Waals surface area contributed by atoms with Crippen LogP contribution < -0.4 is 9.47 Å². The Bertz CT molecular complexity index is 1720. The molecular formula is C46H54O2. The second-order valence-corrected chi connectivity index (χ2v) is 15.9. The molecule has 6 atom stereocenters. The summed E-state index contributed by atoms with van der Waals surface area (Å²) in [5, 5.41) is 4.98. The van der Waals surface area contributed by atoms with Crippen LogP contribution in [0.2, 0.25) is 0 Å². The molecule has 0 spiro atoms. The number of ether oxygens (including phenoxy) is 2. The number of hydrogen-bond acceptors (Lipinski definition) is 2. The van der Waals surface area contributed by atoms with Gasteiger partial charge in [0.15, 0.2) is 0 Å². The molecule has 2 aliphatic carbocycles. The molecule has 0 saturated heterocycles. The average Bonchev–Trinajstić information content (AvgIpc) is 3.08. The van der Waals surface area contributed by atoms with Crippen LogP contribution in [0.15, 0.2) is 97.1 Å². The van der Waals surface area contributed by atoms with Gasteiger partial charge in [0.2, 0.25) is 0 Å². The van der Waals surface area contributed by atoms with Crippen molar-refractivity contribution in [1.82, 2.24) is 0 Å². The lowest BCUT2D eigenvalue weighted by Crippen LogP contribution is -2.37. The lowest BCUT2D eigenvalue weighted by atomic mass is 9.75. The Morgan fingerprint density at radius 3 is 1.29 bits per heavy atom. The molecule has 2 nitrogen and oxygen atoms in total. The first-order valence-electron chi connectivity index (χ1n) is 18.7. The van der Waals surface area contributed by atoms with Crippen molar-refractivity contribution in [3.05, 3.63) is 97.1 Å². The van der Waals surface area contributed by atoms with Gasteiger partial charge in [0.25, 0.3) is 0 Å². The molecule has 7 rings (SSSR count).